The zero-order valence-electron chi connectivity index (χ0n) is 8.14. The Morgan fingerprint density at radius 1 is 1.38 bits per heavy atom. The second-order valence-electron chi connectivity index (χ2n) is 3.58. The molecule has 0 radical (unpaired) electrons. The van der Waals surface area contributed by atoms with Crippen LogP contribution in [0.2, 0.25) is 0 Å². The second kappa shape index (κ2) is 5.45. The van der Waals surface area contributed by atoms with Crippen molar-refractivity contribution >= 4 is 18.3 Å². The lowest BCUT2D eigenvalue weighted by Crippen LogP contribution is -2.54. The topological polar surface area (TPSA) is 55.1 Å². The number of carbonyl (C=O) groups excluding carboxylic acids is 1. The number of rotatable bonds is 2. The quantitative estimate of drug-likeness (QED) is 0.714. The van der Waals surface area contributed by atoms with Crippen LogP contribution in [-0.4, -0.2) is 18.0 Å². The van der Waals surface area contributed by atoms with Gasteiger partial charge in [-0.15, -0.1) is 12.4 Å². The summed E-state index contributed by atoms with van der Waals surface area (Å²) in [6, 6.07) is 0. The fraction of sp³-hybridized carbons (Fsp3) is 0.889. The summed E-state index contributed by atoms with van der Waals surface area (Å²) in [6.45, 7) is 2.60. The molecule has 0 aliphatic heterocycles. The first kappa shape index (κ1) is 12.7. The van der Waals surface area contributed by atoms with Crippen molar-refractivity contribution in [2.45, 2.75) is 44.6 Å². The molecule has 0 aromatic rings. The molecule has 3 N–H and O–H groups in total. The minimum atomic E-state index is -0.561. The van der Waals surface area contributed by atoms with Gasteiger partial charge in [-0.25, -0.2) is 0 Å². The van der Waals surface area contributed by atoms with Crippen LogP contribution < -0.4 is 11.1 Å². The molecule has 13 heavy (non-hydrogen) atoms. The molecule has 1 fully saturated rings. The lowest BCUT2D eigenvalue weighted by atomic mass is 9.82. The Morgan fingerprint density at radius 3 is 2.38 bits per heavy atom. The normalized spacial score (nSPS) is 20.2. The highest BCUT2D eigenvalue weighted by Crippen LogP contribution is 2.25. The van der Waals surface area contributed by atoms with Crippen LogP contribution in [0.15, 0.2) is 0 Å². The number of nitrogens with two attached hydrogens (primary N) is 1. The lowest BCUT2D eigenvalue weighted by molar-refractivity contribution is -0.127. The smallest absolute Gasteiger partial charge is 0.240 e. The third-order valence-electron chi connectivity index (χ3n) is 2.54. The molecule has 1 aliphatic carbocycles. The zero-order valence-corrected chi connectivity index (χ0v) is 8.95. The summed E-state index contributed by atoms with van der Waals surface area (Å²) >= 11 is 0. The van der Waals surface area contributed by atoms with E-state index in [2.05, 4.69) is 5.32 Å². The van der Waals surface area contributed by atoms with Crippen molar-refractivity contribution in [3.8, 4) is 0 Å². The van der Waals surface area contributed by atoms with Gasteiger partial charge in [0.05, 0.1) is 5.54 Å². The van der Waals surface area contributed by atoms with E-state index in [4.69, 9.17) is 5.73 Å². The molecule has 0 spiro atoms. The molecule has 3 nitrogen and oxygen atoms in total. The molecule has 0 unspecified atom stereocenters. The summed E-state index contributed by atoms with van der Waals surface area (Å²) in [5.41, 5.74) is 5.42. The summed E-state index contributed by atoms with van der Waals surface area (Å²) in [7, 11) is 0. The van der Waals surface area contributed by atoms with Crippen molar-refractivity contribution in [2.75, 3.05) is 6.54 Å². The molecule has 0 aromatic carbocycles. The van der Waals surface area contributed by atoms with Crippen molar-refractivity contribution in [3.63, 3.8) is 0 Å². The molecule has 78 valence electrons. The van der Waals surface area contributed by atoms with Crippen molar-refractivity contribution < 1.29 is 4.79 Å². The summed E-state index contributed by atoms with van der Waals surface area (Å²) in [5.74, 6) is 0.0321. The summed E-state index contributed by atoms with van der Waals surface area (Å²) in [6.07, 6.45) is 5.09. The van der Waals surface area contributed by atoms with E-state index >= 15 is 0 Å². The Labute approximate surface area is 85.9 Å². The van der Waals surface area contributed by atoms with Crippen LogP contribution in [0.4, 0.5) is 0 Å². The highest BCUT2D eigenvalue weighted by molar-refractivity contribution is 5.86. The van der Waals surface area contributed by atoms with Gasteiger partial charge in [0, 0.05) is 6.54 Å². The minimum absolute atomic E-state index is 0. The molecule has 0 heterocycles. The maximum absolute atomic E-state index is 11.5. The Hall–Kier alpha value is -0.280. The SMILES string of the molecule is CCNC(=O)C1(N)CCCCC1.Cl. The first-order valence-electron chi connectivity index (χ1n) is 4.76. The standard InChI is InChI=1S/C9H18N2O.ClH/c1-2-11-8(12)9(10)6-4-3-5-7-9;/h2-7,10H2,1H3,(H,11,12);1H. The van der Waals surface area contributed by atoms with Crippen molar-refractivity contribution in [3.05, 3.63) is 0 Å². The number of likely N-dealkylation sites (N-methyl/N-ethyl adjacent to an activating group) is 1. The van der Waals surface area contributed by atoms with Crippen LogP contribution in [0.3, 0.4) is 0 Å². The van der Waals surface area contributed by atoms with Crippen LogP contribution in [0.1, 0.15) is 39.0 Å². The van der Waals surface area contributed by atoms with Gasteiger partial charge < -0.3 is 11.1 Å². The number of nitrogens with one attached hydrogen (secondary N) is 1. The number of carbonyl (C=O) groups is 1. The van der Waals surface area contributed by atoms with Gasteiger partial charge in [0.15, 0.2) is 0 Å². The summed E-state index contributed by atoms with van der Waals surface area (Å²) < 4.78 is 0. The lowest BCUT2D eigenvalue weighted by Gasteiger charge is -2.31. The van der Waals surface area contributed by atoms with Crippen LogP contribution >= 0.6 is 12.4 Å². The Kier molecular flexibility index (Phi) is 5.33. The second-order valence-corrected chi connectivity index (χ2v) is 3.58. The maximum atomic E-state index is 11.5. The first-order valence-corrected chi connectivity index (χ1v) is 4.76. The fourth-order valence-corrected chi connectivity index (χ4v) is 1.75. The van der Waals surface area contributed by atoms with E-state index in [0.29, 0.717) is 6.54 Å². The van der Waals surface area contributed by atoms with Crippen molar-refractivity contribution in [1.82, 2.24) is 5.32 Å². The van der Waals surface area contributed by atoms with Gasteiger partial charge in [-0.1, -0.05) is 19.3 Å². The average Bonchev–Trinajstić information content (AvgIpc) is 2.06. The Morgan fingerprint density at radius 2 is 1.92 bits per heavy atom. The van der Waals surface area contributed by atoms with E-state index in [1.54, 1.807) is 0 Å². The summed E-state index contributed by atoms with van der Waals surface area (Å²) in [5, 5.41) is 2.79. The minimum Gasteiger partial charge on any atom is -0.355 e. The number of amides is 1. The molecule has 0 atom stereocenters. The largest absolute Gasteiger partial charge is 0.355 e. The number of halogens is 1. The third-order valence-corrected chi connectivity index (χ3v) is 2.54. The molecule has 1 amide bonds. The molecule has 0 saturated heterocycles. The molecule has 1 rings (SSSR count). The molecule has 0 aromatic heterocycles. The van der Waals surface area contributed by atoms with Crippen LogP contribution in [0.5, 0.6) is 0 Å². The van der Waals surface area contributed by atoms with Crippen molar-refractivity contribution in [1.29, 1.82) is 0 Å². The van der Waals surface area contributed by atoms with Crippen molar-refractivity contribution in [2.24, 2.45) is 5.73 Å². The van der Waals surface area contributed by atoms with E-state index in [-0.39, 0.29) is 18.3 Å². The van der Waals surface area contributed by atoms with Gasteiger partial charge in [0.25, 0.3) is 0 Å². The molecular formula is C9H19ClN2O. The van der Waals surface area contributed by atoms with E-state index in [0.717, 1.165) is 25.7 Å². The van der Waals surface area contributed by atoms with Gasteiger partial charge in [0.2, 0.25) is 5.91 Å². The predicted molar refractivity (Wildman–Crippen MR) is 55.9 cm³/mol. The van der Waals surface area contributed by atoms with Gasteiger partial charge in [-0.2, -0.15) is 0 Å². The molecule has 1 aliphatic rings. The van der Waals surface area contributed by atoms with Gasteiger partial charge in [-0.3, -0.25) is 4.79 Å². The zero-order chi connectivity index (χ0) is 9.03. The number of hydrogen-bond donors (Lipinski definition) is 2. The molecular weight excluding hydrogens is 188 g/mol. The van der Waals surface area contributed by atoms with Gasteiger partial charge in [-0.05, 0) is 19.8 Å². The Bertz CT molecular complexity index is 167. The summed E-state index contributed by atoms with van der Waals surface area (Å²) in [4.78, 5) is 11.5. The number of hydrogen-bond acceptors (Lipinski definition) is 2. The van der Waals surface area contributed by atoms with Crippen LogP contribution in [-0.2, 0) is 4.79 Å². The fourth-order valence-electron chi connectivity index (χ4n) is 1.75. The van der Waals surface area contributed by atoms with Gasteiger partial charge in [0.1, 0.15) is 0 Å². The van der Waals surface area contributed by atoms with Gasteiger partial charge >= 0.3 is 0 Å². The molecule has 0 bridgehead atoms. The molecule has 1 saturated carbocycles. The highest BCUT2D eigenvalue weighted by Gasteiger charge is 2.34. The van der Waals surface area contributed by atoms with E-state index in [1.807, 2.05) is 6.92 Å². The Balaban J connectivity index is 0.00000144. The van der Waals surface area contributed by atoms with E-state index < -0.39 is 5.54 Å². The van der Waals surface area contributed by atoms with Crippen LogP contribution in [0, 0.1) is 0 Å². The average molecular weight is 207 g/mol. The maximum Gasteiger partial charge on any atom is 0.240 e. The highest BCUT2D eigenvalue weighted by atomic mass is 35.5. The van der Waals surface area contributed by atoms with E-state index in [1.165, 1.54) is 6.42 Å². The van der Waals surface area contributed by atoms with E-state index in [9.17, 15) is 4.79 Å². The third kappa shape index (κ3) is 3.16. The first-order chi connectivity index (χ1) is 5.69. The van der Waals surface area contributed by atoms with Crippen LogP contribution in [0.25, 0.3) is 0 Å². The monoisotopic (exact) mass is 206 g/mol. The molecule has 4 heteroatoms. The predicted octanol–water partition coefficient (Wildman–Crippen LogP) is 1.21.